The fourth-order valence-electron chi connectivity index (χ4n) is 3.29. The summed E-state index contributed by atoms with van der Waals surface area (Å²) in [4.78, 5) is 27.3. The zero-order valence-corrected chi connectivity index (χ0v) is 15.3. The van der Waals surface area contributed by atoms with Gasteiger partial charge in [0.2, 0.25) is 0 Å². The van der Waals surface area contributed by atoms with Crippen molar-refractivity contribution in [1.82, 2.24) is 9.80 Å². The SMILES string of the molecule is C=COC(=O)N1CCC(N2CC(COc3ccc(OC)cc3)OC2=O)CC1. The molecule has 8 heteroatoms. The van der Waals surface area contributed by atoms with Gasteiger partial charge in [-0.2, -0.15) is 0 Å². The van der Waals surface area contributed by atoms with Crippen molar-refractivity contribution in [2.24, 2.45) is 0 Å². The van der Waals surface area contributed by atoms with Crippen LogP contribution in [-0.4, -0.2) is 67.5 Å². The molecule has 8 nitrogen and oxygen atoms in total. The molecule has 2 aliphatic rings. The molecule has 0 aromatic heterocycles. The van der Waals surface area contributed by atoms with Gasteiger partial charge in [-0.1, -0.05) is 6.58 Å². The number of carbonyl (C=O) groups excluding carboxylic acids is 2. The Balaban J connectivity index is 1.46. The van der Waals surface area contributed by atoms with Crippen LogP contribution in [0, 0.1) is 0 Å². The molecule has 2 saturated heterocycles. The smallest absolute Gasteiger partial charge is 0.414 e. The van der Waals surface area contributed by atoms with Crippen LogP contribution in [0.25, 0.3) is 0 Å². The quantitative estimate of drug-likeness (QED) is 0.711. The number of hydrogen-bond acceptors (Lipinski definition) is 6. The van der Waals surface area contributed by atoms with Gasteiger partial charge < -0.3 is 28.7 Å². The molecule has 2 heterocycles. The minimum Gasteiger partial charge on any atom is -0.497 e. The van der Waals surface area contributed by atoms with Crippen LogP contribution >= 0.6 is 0 Å². The van der Waals surface area contributed by atoms with Gasteiger partial charge >= 0.3 is 12.2 Å². The van der Waals surface area contributed by atoms with Crippen molar-refractivity contribution in [3.63, 3.8) is 0 Å². The number of nitrogens with zero attached hydrogens (tertiary/aromatic N) is 2. The van der Waals surface area contributed by atoms with E-state index in [2.05, 4.69) is 6.58 Å². The predicted octanol–water partition coefficient (Wildman–Crippen LogP) is 2.64. The van der Waals surface area contributed by atoms with Crippen LogP contribution in [0.15, 0.2) is 37.1 Å². The fraction of sp³-hybridized carbons (Fsp3) is 0.474. The second kappa shape index (κ2) is 8.66. The van der Waals surface area contributed by atoms with E-state index in [4.69, 9.17) is 18.9 Å². The third-order valence-corrected chi connectivity index (χ3v) is 4.75. The summed E-state index contributed by atoms with van der Waals surface area (Å²) in [6, 6.07) is 7.30. The van der Waals surface area contributed by atoms with Crippen molar-refractivity contribution in [2.75, 3.05) is 33.4 Å². The molecule has 0 bridgehead atoms. The molecular weight excluding hydrogens is 352 g/mol. The molecule has 2 fully saturated rings. The summed E-state index contributed by atoms with van der Waals surface area (Å²) < 4.78 is 21.0. The molecule has 1 aromatic carbocycles. The number of benzene rings is 1. The normalized spacial score (nSPS) is 20.2. The average Bonchev–Trinajstić information content (AvgIpc) is 3.07. The van der Waals surface area contributed by atoms with Crippen molar-refractivity contribution in [3.8, 4) is 11.5 Å². The maximum Gasteiger partial charge on any atom is 0.414 e. The highest BCUT2D eigenvalue weighted by Gasteiger charge is 2.38. The summed E-state index contributed by atoms with van der Waals surface area (Å²) in [5.74, 6) is 1.45. The largest absolute Gasteiger partial charge is 0.497 e. The monoisotopic (exact) mass is 376 g/mol. The third-order valence-electron chi connectivity index (χ3n) is 4.75. The van der Waals surface area contributed by atoms with Crippen molar-refractivity contribution >= 4 is 12.2 Å². The highest BCUT2D eigenvalue weighted by molar-refractivity contribution is 5.71. The van der Waals surface area contributed by atoms with Crippen molar-refractivity contribution in [3.05, 3.63) is 37.1 Å². The molecule has 0 radical (unpaired) electrons. The Kier molecular flexibility index (Phi) is 6.05. The van der Waals surface area contributed by atoms with E-state index in [0.29, 0.717) is 44.8 Å². The molecule has 1 atom stereocenters. The molecule has 0 spiro atoms. The maximum absolute atomic E-state index is 12.2. The number of methoxy groups -OCH3 is 1. The van der Waals surface area contributed by atoms with E-state index in [-0.39, 0.29) is 18.2 Å². The van der Waals surface area contributed by atoms with Crippen molar-refractivity contribution in [1.29, 1.82) is 0 Å². The van der Waals surface area contributed by atoms with Gasteiger partial charge in [0, 0.05) is 19.1 Å². The lowest BCUT2D eigenvalue weighted by Gasteiger charge is -2.34. The third kappa shape index (κ3) is 4.64. The fourth-order valence-corrected chi connectivity index (χ4v) is 3.29. The first-order valence-corrected chi connectivity index (χ1v) is 8.91. The van der Waals surface area contributed by atoms with Crippen molar-refractivity contribution in [2.45, 2.75) is 25.0 Å². The second-order valence-corrected chi connectivity index (χ2v) is 6.41. The van der Waals surface area contributed by atoms with Crippen LogP contribution < -0.4 is 9.47 Å². The molecule has 0 N–H and O–H groups in total. The first kappa shape index (κ1) is 18.9. The van der Waals surface area contributed by atoms with Gasteiger partial charge in [0.05, 0.1) is 19.9 Å². The Morgan fingerprint density at radius 2 is 1.93 bits per heavy atom. The van der Waals surface area contributed by atoms with E-state index in [1.165, 1.54) is 0 Å². The van der Waals surface area contributed by atoms with Crippen LogP contribution in [0.3, 0.4) is 0 Å². The van der Waals surface area contributed by atoms with Crippen LogP contribution in [0.1, 0.15) is 12.8 Å². The maximum atomic E-state index is 12.2. The number of likely N-dealkylation sites (tertiary alicyclic amines) is 1. The summed E-state index contributed by atoms with van der Waals surface area (Å²) in [7, 11) is 1.61. The molecule has 3 rings (SSSR count). The summed E-state index contributed by atoms with van der Waals surface area (Å²) in [6.07, 6.45) is 1.45. The Morgan fingerprint density at radius 1 is 1.26 bits per heavy atom. The number of hydrogen-bond donors (Lipinski definition) is 0. The van der Waals surface area contributed by atoms with Crippen molar-refractivity contribution < 1.29 is 28.5 Å². The van der Waals surface area contributed by atoms with Gasteiger partial charge in [-0.15, -0.1) is 0 Å². The molecule has 0 saturated carbocycles. The number of rotatable bonds is 6. The highest BCUT2D eigenvalue weighted by Crippen LogP contribution is 2.24. The van der Waals surface area contributed by atoms with E-state index in [9.17, 15) is 9.59 Å². The van der Waals surface area contributed by atoms with E-state index in [1.54, 1.807) is 16.9 Å². The minimum atomic E-state index is -0.404. The number of cyclic esters (lactones) is 1. The van der Waals surface area contributed by atoms with Crippen LogP contribution in [0.2, 0.25) is 0 Å². The van der Waals surface area contributed by atoms with E-state index < -0.39 is 6.09 Å². The zero-order valence-electron chi connectivity index (χ0n) is 15.3. The van der Waals surface area contributed by atoms with Crippen LogP contribution in [0.5, 0.6) is 11.5 Å². The van der Waals surface area contributed by atoms with Gasteiger partial charge in [-0.25, -0.2) is 9.59 Å². The Bertz CT molecular complexity index is 669. The van der Waals surface area contributed by atoms with Gasteiger partial charge in [0.25, 0.3) is 0 Å². The van der Waals surface area contributed by atoms with Gasteiger partial charge in [0.15, 0.2) is 6.10 Å². The average molecular weight is 376 g/mol. The molecule has 146 valence electrons. The molecular formula is C19H24N2O6. The Labute approximate surface area is 158 Å². The van der Waals surface area contributed by atoms with Gasteiger partial charge in [-0.3, -0.25) is 0 Å². The summed E-state index contributed by atoms with van der Waals surface area (Å²) >= 11 is 0. The van der Waals surface area contributed by atoms with E-state index in [1.807, 2.05) is 24.3 Å². The van der Waals surface area contributed by atoms with Gasteiger partial charge in [0.1, 0.15) is 18.1 Å². The molecule has 1 unspecified atom stereocenters. The Hall–Kier alpha value is -2.90. The lowest BCUT2D eigenvalue weighted by Crippen LogP contribution is -2.47. The number of carbonyl (C=O) groups is 2. The summed E-state index contributed by atoms with van der Waals surface area (Å²) in [5.41, 5.74) is 0. The van der Waals surface area contributed by atoms with Crippen LogP contribution in [0.4, 0.5) is 9.59 Å². The number of piperidine rings is 1. The standard InChI is InChI=1S/C19H24N2O6/c1-3-25-18(22)20-10-8-14(9-11-20)21-12-17(27-19(21)23)13-26-16-6-4-15(24-2)5-7-16/h3-7,14,17H,1,8-13H2,2H3. The molecule has 1 aromatic rings. The number of ether oxygens (including phenoxy) is 4. The zero-order chi connectivity index (χ0) is 19.2. The minimum absolute atomic E-state index is 0.0521. The lowest BCUT2D eigenvalue weighted by atomic mass is 10.0. The van der Waals surface area contributed by atoms with E-state index in [0.717, 1.165) is 12.0 Å². The molecule has 2 amide bonds. The predicted molar refractivity (Wildman–Crippen MR) is 96.7 cm³/mol. The van der Waals surface area contributed by atoms with E-state index >= 15 is 0 Å². The second-order valence-electron chi connectivity index (χ2n) is 6.41. The first-order chi connectivity index (χ1) is 13.1. The molecule has 2 aliphatic heterocycles. The lowest BCUT2D eigenvalue weighted by molar-refractivity contribution is 0.0943. The van der Waals surface area contributed by atoms with Crippen LogP contribution in [-0.2, 0) is 9.47 Å². The van der Waals surface area contributed by atoms with Gasteiger partial charge in [-0.05, 0) is 37.1 Å². The highest BCUT2D eigenvalue weighted by atomic mass is 16.6. The molecule has 27 heavy (non-hydrogen) atoms. The molecule has 0 aliphatic carbocycles. The Morgan fingerprint density at radius 3 is 2.56 bits per heavy atom. The summed E-state index contributed by atoms with van der Waals surface area (Å²) in [5, 5.41) is 0. The number of amides is 2. The first-order valence-electron chi connectivity index (χ1n) is 8.91. The summed E-state index contributed by atoms with van der Waals surface area (Å²) in [6.45, 7) is 5.23. The topological polar surface area (TPSA) is 77.5 Å².